The fraction of sp³-hybridized carbons (Fsp3) is 0.263. The van der Waals surface area contributed by atoms with Crippen LogP contribution < -0.4 is 0 Å². The lowest BCUT2D eigenvalue weighted by Gasteiger charge is -2.18. The van der Waals surface area contributed by atoms with E-state index in [9.17, 15) is 9.18 Å². The standard InChI is InChI=1S/C19H18ClFN2O2/c1-4-25-19(24)17-16(11(2)3)15-6-5-9-23(15)22-18(17)13-8-7-12(21)10-14(13)20/h5-11H,4H2,1-3H3. The molecule has 0 N–H and O–H groups in total. The molecule has 0 atom stereocenters. The van der Waals surface area contributed by atoms with Crippen LogP contribution in [-0.4, -0.2) is 22.2 Å². The lowest BCUT2D eigenvalue weighted by molar-refractivity contribution is 0.0525. The van der Waals surface area contributed by atoms with E-state index in [2.05, 4.69) is 5.10 Å². The lowest BCUT2D eigenvalue weighted by Crippen LogP contribution is -2.15. The quantitative estimate of drug-likeness (QED) is 0.608. The van der Waals surface area contributed by atoms with Crippen molar-refractivity contribution >= 4 is 23.1 Å². The van der Waals surface area contributed by atoms with Gasteiger partial charge in [-0.1, -0.05) is 25.4 Å². The first kappa shape index (κ1) is 17.4. The van der Waals surface area contributed by atoms with E-state index in [1.54, 1.807) is 17.6 Å². The number of carbonyl (C=O) groups is 1. The Morgan fingerprint density at radius 2 is 2.12 bits per heavy atom. The van der Waals surface area contributed by atoms with Crippen LogP contribution in [0.15, 0.2) is 36.5 Å². The minimum Gasteiger partial charge on any atom is -0.462 e. The van der Waals surface area contributed by atoms with E-state index < -0.39 is 11.8 Å². The lowest BCUT2D eigenvalue weighted by atomic mass is 9.93. The van der Waals surface area contributed by atoms with Gasteiger partial charge in [-0.2, -0.15) is 5.10 Å². The van der Waals surface area contributed by atoms with Gasteiger partial charge in [-0.3, -0.25) is 0 Å². The summed E-state index contributed by atoms with van der Waals surface area (Å²) in [4.78, 5) is 12.7. The molecule has 0 radical (unpaired) electrons. The molecule has 130 valence electrons. The average molecular weight is 361 g/mol. The highest BCUT2D eigenvalue weighted by Gasteiger charge is 2.26. The van der Waals surface area contributed by atoms with Crippen LogP contribution in [0.3, 0.4) is 0 Å². The summed E-state index contributed by atoms with van der Waals surface area (Å²) in [6, 6.07) is 7.80. The van der Waals surface area contributed by atoms with Gasteiger partial charge in [0.2, 0.25) is 0 Å². The molecule has 0 aliphatic carbocycles. The van der Waals surface area contributed by atoms with E-state index in [0.29, 0.717) is 16.8 Å². The van der Waals surface area contributed by atoms with Crippen molar-refractivity contribution in [3.63, 3.8) is 0 Å². The molecule has 0 saturated carbocycles. The van der Waals surface area contributed by atoms with Crippen LogP contribution in [0.1, 0.15) is 42.6 Å². The second-order valence-corrected chi connectivity index (χ2v) is 6.38. The van der Waals surface area contributed by atoms with E-state index in [1.165, 1.54) is 18.2 Å². The molecule has 1 aromatic carbocycles. The molecular formula is C19H18ClFN2O2. The van der Waals surface area contributed by atoms with Crippen LogP contribution >= 0.6 is 11.6 Å². The fourth-order valence-electron chi connectivity index (χ4n) is 2.95. The Balaban J connectivity index is 2.40. The van der Waals surface area contributed by atoms with Crippen molar-refractivity contribution in [2.75, 3.05) is 6.61 Å². The number of hydrogen-bond acceptors (Lipinski definition) is 3. The van der Waals surface area contributed by atoms with Crippen molar-refractivity contribution in [2.45, 2.75) is 26.7 Å². The summed E-state index contributed by atoms with van der Waals surface area (Å²) in [5.74, 6) is -0.854. The summed E-state index contributed by atoms with van der Waals surface area (Å²) in [6.45, 7) is 6.00. The van der Waals surface area contributed by atoms with Crippen molar-refractivity contribution < 1.29 is 13.9 Å². The Morgan fingerprint density at radius 3 is 2.76 bits per heavy atom. The van der Waals surface area contributed by atoms with Crippen LogP contribution in [0.2, 0.25) is 5.02 Å². The molecule has 0 unspecified atom stereocenters. The van der Waals surface area contributed by atoms with Crippen molar-refractivity contribution in [2.24, 2.45) is 0 Å². The number of nitrogens with zero attached hydrogens (tertiary/aromatic N) is 2. The van der Waals surface area contributed by atoms with Crippen molar-refractivity contribution in [1.82, 2.24) is 9.61 Å². The van der Waals surface area contributed by atoms with Crippen LogP contribution in [0.25, 0.3) is 16.8 Å². The maximum absolute atomic E-state index is 13.5. The van der Waals surface area contributed by atoms with E-state index in [0.717, 1.165) is 11.1 Å². The highest BCUT2D eigenvalue weighted by molar-refractivity contribution is 6.33. The average Bonchev–Trinajstić information content (AvgIpc) is 3.01. The predicted octanol–water partition coefficient (Wildman–Crippen LogP) is 5.09. The highest BCUT2D eigenvalue weighted by Crippen LogP contribution is 2.35. The predicted molar refractivity (Wildman–Crippen MR) is 95.6 cm³/mol. The maximum Gasteiger partial charge on any atom is 0.340 e. The van der Waals surface area contributed by atoms with E-state index in [4.69, 9.17) is 16.3 Å². The molecule has 0 aliphatic rings. The molecule has 6 heteroatoms. The number of hydrogen-bond donors (Lipinski definition) is 0. The van der Waals surface area contributed by atoms with Crippen LogP contribution in [0, 0.1) is 5.82 Å². The van der Waals surface area contributed by atoms with Gasteiger partial charge >= 0.3 is 5.97 Å². The van der Waals surface area contributed by atoms with Gasteiger partial charge in [0.15, 0.2) is 0 Å². The number of benzene rings is 1. The Morgan fingerprint density at radius 1 is 1.36 bits per heavy atom. The Kier molecular flexibility index (Phi) is 4.77. The van der Waals surface area contributed by atoms with E-state index in [1.807, 2.05) is 26.0 Å². The van der Waals surface area contributed by atoms with Gasteiger partial charge < -0.3 is 4.74 Å². The summed E-state index contributed by atoms with van der Waals surface area (Å²) in [6.07, 6.45) is 1.80. The number of aromatic nitrogens is 2. The van der Waals surface area contributed by atoms with Crippen molar-refractivity contribution in [3.8, 4) is 11.3 Å². The molecule has 0 aliphatic heterocycles. The molecule has 25 heavy (non-hydrogen) atoms. The summed E-state index contributed by atoms with van der Waals surface area (Å²) in [5, 5.41) is 4.74. The third-order valence-corrected chi connectivity index (χ3v) is 4.27. The Bertz CT molecular complexity index is 950. The second-order valence-electron chi connectivity index (χ2n) is 5.97. The molecule has 4 nitrogen and oxygen atoms in total. The highest BCUT2D eigenvalue weighted by atomic mass is 35.5. The number of carbonyl (C=O) groups excluding carboxylic acids is 1. The molecule has 0 spiro atoms. The molecule has 3 aromatic rings. The van der Waals surface area contributed by atoms with Gasteiger partial charge in [0.1, 0.15) is 11.5 Å². The molecule has 2 aromatic heterocycles. The summed E-state index contributed by atoms with van der Waals surface area (Å²) < 4.78 is 20.4. The topological polar surface area (TPSA) is 43.6 Å². The molecule has 0 saturated heterocycles. The first-order valence-electron chi connectivity index (χ1n) is 8.07. The number of rotatable bonds is 4. The first-order chi connectivity index (χ1) is 11.9. The summed E-state index contributed by atoms with van der Waals surface area (Å²) >= 11 is 6.23. The minimum absolute atomic E-state index is 0.0535. The monoisotopic (exact) mass is 360 g/mol. The third-order valence-electron chi connectivity index (χ3n) is 3.96. The van der Waals surface area contributed by atoms with Crippen LogP contribution in [-0.2, 0) is 4.74 Å². The maximum atomic E-state index is 13.5. The van der Waals surface area contributed by atoms with E-state index >= 15 is 0 Å². The zero-order chi connectivity index (χ0) is 18.1. The second kappa shape index (κ2) is 6.84. The van der Waals surface area contributed by atoms with Crippen molar-refractivity contribution in [1.29, 1.82) is 0 Å². The molecule has 2 heterocycles. The summed E-state index contributed by atoms with van der Waals surface area (Å²) in [5.41, 5.74) is 2.91. The van der Waals surface area contributed by atoms with Gasteiger partial charge in [0.25, 0.3) is 0 Å². The number of esters is 1. The van der Waals surface area contributed by atoms with Crippen LogP contribution in [0.4, 0.5) is 4.39 Å². The van der Waals surface area contributed by atoms with Gasteiger partial charge in [0.05, 0.1) is 22.7 Å². The van der Waals surface area contributed by atoms with Gasteiger partial charge in [-0.05, 0) is 48.7 Å². The largest absolute Gasteiger partial charge is 0.462 e. The zero-order valence-corrected chi connectivity index (χ0v) is 15.0. The molecule has 0 bridgehead atoms. The molecule has 0 amide bonds. The number of fused-ring (bicyclic) bond motifs is 1. The smallest absolute Gasteiger partial charge is 0.340 e. The zero-order valence-electron chi connectivity index (χ0n) is 14.2. The van der Waals surface area contributed by atoms with Gasteiger partial charge in [-0.25, -0.2) is 13.7 Å². The first-order valence-corrected chi connectivity index (χ1v) is 8.45. The number of ether oxygens (including phenoxy) is 1. The van der Waals surface area contributed by atoms with Crippen molar-refractivity contribution in [3.05, 3.63) is 58.5 Å². The third kappa shape index (κ3) is 3.12. The Labute approximate surface area is 150 Å². The Hall–Kier alpha value is -2.40. The molecule has 0 fully saturated rings. The minimum atomic E-state index is -0.460. The summed E-state index contributed by atoms with van der Waals surface area (Å²) in [7, 11) is 0. The normalized spacial score (nSPS) is 11.3. The molecular weight excluding hydrogens is 343 g/mol. The van der Waals surface area contributed by atoms with E-state index in [-0.39, 0.29) is 17.5 Å². The van der Waals surface area contributed by atoms with Crippen LogP contribution in [0.5, 0.6) is 0 Å². The van der Waals surface area contributed by atoms with Gasteiger partial charge in [-0.15, -0.1) is 0 Å². The molecule has 3 rings (SSSR count). The number of halogens is 2. The SMILES string of the molecule is CCOC(=O)c1c(-c2ccc(F)cc2Cl)nn2cccc2c1C(C)C. The fourth-order valence-corrected chi connectivity index (χ4v) is 3.21. The van der Waals surface area contributed by atoms with Gasteiger partial charge in [0, 0.05) is 11.8 Å².